The largest absolute Gasteiger partial charge is 0.419 e. The van der Waals surface area contributed by atoms with E-state index in [1.165, 1.54) is 11.8 Å². The Kier molecular flexibility index (Phi) is 4.82. The van der Waals surface area contributed by atoms with E-state index in [9.17, 15) is 22.7 Å². The highest BCUT2D eigenvalue weighted by molar-refractivity contribution is 7.99. The van der Waals surface area contributed by atoms with Gasteiger partial charge in [0.15, 0.2) is 0 Å². The third-order valence-electron chi connectivity index (χ3n) is 2.16. The molecule has 1 aromatic rings. The van der Waals surface area contributed by atoms with Crippen LogP contribution in [-0.4, -0.2) is 16.6 Å². The van der Waals surface area contributed by atoms with E-state index in [0.717, 1.165) is 17.9 Å². The quantitative estimate of drug-likeness (QED) is 0.841. The first kappa shape index (κ1) is 14.3. The summed E-state index contributed by atoms with van der Waals surface area (Å²) in [6, 6.07) is 2.50. The van der Waals surface area contributed by atoms with Crippen LogP contribution in [-0.2, 0) is 6.18 Å². The first-order valence-electron chi connectivity index (χ1n) is 4.98. The van der Waals surface area contributed by atoms with Gasteiger partial charge in [-0.05, 0) is 23.4 Å². The van der Waals surface area contributed by atoms with Crippen molar-refractivity contribution in [2.75, 3.05) is 11.5 Å². The lowest BCUT2D eigenvalue weighted by Gasteiger charge is -2.13. The molecule has 0 bridgehead atoms. The van der Waals surface area contributed by atoms with Crippen molar-refractivity contribution in [1.82, 2.24) is 0 Å². The van der Waals surface area contributed by atoms with Crippen LogP contribution in [0.3, 0.4) is 0 Å². The van der Waals surface area contributed by atoms with Gasteiger partial charge >= 0.3 is 6.18 Å². The molecule has 1 N–H and O–H groups in total. The maximum Gasteiger partial charge on any atom is 0.419 e. The van der Waals surface area contributed by atoms with E-state index in [1.807, 2.05) is 6.92 Å². The van der Waals surface area contributed by atoms with Crippen LogP contribution in [0, 0.1) is 5.82 Å². The Morgan fingerprint density at radius 1 is 1.35 bits per heavy atom. The first-order chi connectivity index (χ1) is 7.86. The average Bonchev–Trinajstić information content (AvgIpc) is 2.23. The summed E-state index contributed by atoms with van der Waals surface area (Å²) in [5, 5.41) is 9.60. The average molecular weight is 268 g/mol. The molecular weight excluding hydrogens is 256 g/mol. The number of benzene rings is 1. The second kappa shape index (κ2) is 5.73. The molecule has 0 saturated heterocycles. The Morgan fingerprint density at radius 3 is 2.47 bits per heavy atom. The summed E-state index contributed by atoms with van der Waals surface area (Å²) < 4.78 is 50.0. The van der Waals surface area contributed by atoms with Gasteiger partial charge < -0.3 is 5.11 Å². The van der Waals surface area contributed by atoms with Crippen LogP contribution in [0.1, 0.15) is 24.2 Å². The third kappa shape index (κ3) is 3.89. The van der Waals surface area contributed by atoms with Crippen LogP contribution in [0.5, 0.6) is 0 Å². The van der Waals surface area contributed by atoms with Gasteiger partial charge in [0.25, 0.3) is 0 Å². The van der Waals surface area contributed by atoms with Crippen molar-refractivity contribution in [2.45, 2.75) is 19.2 Å². The fraction of sp³-hybridized carbons (Fsp3) is 0.455. The molecule has 0 radical (unpaired) electrons. The molecule has 1 atom stereocenters. The highest BCUT2D eigenvalue weighted by Gasteiger charge is 2.34. The number of hydrogen-bond acceptors (Lipinski definition) is 2. The van der Waals surface area contributed by atoms with Crippen molar-refractivity contribution >= 4 is 11.8 Å². The Morgan fingerprint density at radius 2 is 2.00 bits per heavy atom. The molecule has 0 aliphatic rings. The smallest absolute Gasteiger partial charge is 0.388 e. The van der Waals surface area contributed by atoms with Crippen molar-refractivity contribution in [3.05, 3.63) is 35.1 Å². The van der Waals surface area contributed by atoms with Crippen LogP contribution >= 0.6 is 11.8 Å². The summed E-state index contributed by atoms with van der Waals surface area (Å²) in [7, 11) is 0. The van der Waals surface area contributed by atoms with Gasteiger partial charge in [-0.25, -0.2) is 4.39 Å². The molecule has 6 heteroatoms. The molecule has 0 saturated carbocycles. The van der Waals surface area contributed by atoms with E-state index in [0.29, 0.717) is 11.8 Å². The van der Waals surface area contributed by atoms with Crippen molar-refractivity contribution in [3.63, 3.8) is 0 Å². The van der Waals surface area contributed by atoms with E-state index in [1.54, 1.807) is 0 Å². The van der Waals surface area contributed by atoms with Gasteiger partial charge in [-0.2, -0.15) is 24.9 Å². The van der Waals surface area contributed by atoms with Crippen molar-refractivity contribution in [3.8, 4) is 0 Å². The second-order valence-electron chi connectivity index (χ2n) is 3.41. The molecule has 1 nitrogen and oxygen atoms in total. The van der Waals surface area contributed by atoms with E-state index in [4.69, 9.17) is 0 Å². The highest BCUT2D eigenvalue weighted by atomic mass is 32.2. The minimum absolute atomic E-state index is 0.163. The molecule has 1 rings (SSSR count). The topological polar surface area (TPSA) is 20.2 Å². The van der Waals surface area contributed by atoms with Crippen LogP contribution in [0.4, 0.5) is 17.6 Å². The Hall–Kier alpha value is -0.750. The molecular formula is C11H12F4OS. The third-order valence-corrected chi connectivity index (χ3v) is 3.12. The SMILES string of the molecule is CCSCC(O)c1ccc(C(F)(F)F)c(F)c1. The van der Waals surface area contributed by atoms with Gasteiger partial charge in [0.1, 0.15) is 5.82 Å². The molecule has 0 aliphatic carbocycles. The summed E-state index contributed by atoms with van der Waals surface area (Å²) in [5.74, 6) is -0.239. The summed E-state index contributed by atoms with van der Waals surface area (Å²) in [5.41, 5.74) is -1.15. The van der Waals surface area contributed by atoms with E-state index < -0.39 is 23.7 Å². The molecule has 0 spiro atoms. The molecule has 0 aliphatic heterocycles. The minimum atomic E-state index is -4.70. The number of hydrogen-bond donors (Lipinski definition) is 1. The molecule has 0 heterocycles. The maximum atomic E-state index is 13.2. The lowest BCUT2D eigenvalue weighted by molar-refractivity contribution is -0.140. The number of alkyl halides is 3. The number of aliphatic hydroxyl groups is 1. The van der Waals surface area contributed by atoms with Gasteiger partial charge in [0.05, 0.1) is 11.7 Å². The van der Waals surface area contributed by atoms with E-state index >= 15 is 0 Å². The molecule has 0 amide bonds. The minimum Gasteiger partial charge on any atom is -0.388 e. The summed E-state index contributed by atoms with van der Waals surface area (Å²) in [6.07, 6.45) is -5.65. The first-order valence-corrected chi connectivity index (χ1v) is 6.14. The Bertz CT molecular complexity index is 378. The van der Waals surface area contributed by atoms with Gasteiger partial charge in [0, 0.05) is 5.75 Å². The van der Waals surface area contributed by atoms with Crippen LogP contribution < -0.4 is 0 Å². The van der Waals surface area contributed by atoms with Gasteiger partial charge in [-0.1, -0.05) is 13.0 Å². The van der Waals surface area contributed by atoms with Crippen LogP contribution in [0.15, 0.2) is 18.2 Å². The Balaban J connectivity index is 2.89. The van der Waals surface area contributed by atoms with Crippen molar-refractivity contribution < 1.29 is 22.7 Å². The lowest BCUT2D eigenvalue weighted by atomic mass is 10.1. The number of aliphatic hydroxyl groups excluding tert-OH is 1. The van der Waals surface area contributed by atoms with Gasteiger partial charge in [0.2, 0.25) is 0 Å². The lowest BCUT2D eigenvalue weighted by Crippen LogP contribution is -2.10. The van der Waals surface area contributed by atoms with Gasteiger partial charge in [-0.3, -0.25) is 0 Å². The molecule has 1 unspecified atom stereocenters. The molecule has 17 heavy (non-hydrogen) atoms. The monoisotopic (exact) mass is 268 g/mol. The van der Waals surface area contributed by atoms with E-state index in [2.05, 4.69) is 0 Å². The zero-order valence-corrected chi connectivity index (χ0v) is 9.91. The molecule has 0 aromatic heterocycles. The number of rotatable bonds is 4. The molecule has 96 valence electrons. The number of thioether (sulfide) groups is 1. The molecule has 0 fully saturated rings. The Labute approximate surface area is 101 Å². The van der Waals surface area contributed by atoms with Crippen molar-refractivity contribution in [2.24, 2.45) is 0 Å². The zero-order chi connectivity index (χ0) is 13.1. The highest BCUT2D eigenvalue weighted by Crippen LogP contribution is 2.32. The van der Waals surface area contributed by atoms with Gasteiger partial charge in [-0.15, -0.1) is 0 Å². The molecule has 1 aromatic carbocycles. The van der Waals surface area contributed by atoms with Crippen molar-refractivity contribution in [1.29, 1.82) is 0 Å². The second-order valence-corrected chi connectivity index (χ2v) is 4.73. The zero-order valence-electron chi connectivity index (χ0n) is 9.09. The van der Waals surface area contributed by atoms with Crippen LogP contribution in [0.25, 0.3) is 0 Å². The predicted molar refractivity (Wildman–Crippen MR) is 59.4 cm³/mol. The summed E-state index contributed by atoms with van der Waals surface area (Å²) in [4.78, 5) is 0. The number of halogens is 4. The predicted octanol–water partition coefficient (Wildman–Crippen LogP) is 3.63. The summed E-state index contributed by atoms with van der Waals surface area (Å²) in [6.45, 7) is 1.89. The fourth-order valence-electron chi connectivity index (χ4n) is 1.29. The standard InChI is InChI=1S/C11H12F4OS/c1-2-17-6-10(16)7-3-4-8(9(12)5-7)11(13,14)15/h3-5,10,16H,2,6H2,1H3. The fourth-order valence-corrected chi connectivity index (χ4v) is 1.95. The normalized spacial score (nSPS) is 13.8. The summed E-state index contributed by atoms with van der Waals surface area (Å²) >= 11 is 1.43. The van der Waals surface area contributed by atoms with E-state index in [-0.39, 0.29) is 5.56 Å². The van der Waals surface area contributed by atoms with Crippen LogP contribution in [0.2, 0.25) is 0 Å². The maximum absolute atomic E-state index is 13.2.